The molecule has 41 heavy (non-hydrogen) atoms. The van der Waals surface area contributed by atoms with Crippen molar-refractivity contribution in [3.05, 3.63) is 132 Å². The normalized spacial score (nSPS) is 15.7. The van der Waals surface area contributed by atoms with Gasteiger partial charge in [0.05, 0.1) is 0 Å². The molecule has 1 saturated carbocycles. The molecule has 0 radical (unpaired) electrons. The minimum Gasteiger partial charge on any atom is -0.456 e. The van der Waals surface area contributed by atoms with Crippen molar-refractivity contribution in [1.29, 1.82) is 0 Å². The topological polar surface area (TPSA) is 9.23 Å². The molecule has 1 aliphatic heterocycles. The molecule has 1 fully saturated rings. The Morgan fingerprint density at radius 2 is 1.15 bits per heavy atom. The van der Waals surface area contributed by atoms with Crippen LogP contribution in [0.1, 0.15) is 43.2 Å². The average molecular weight is 527 g/mol. The van der Waals surface area contributed by atoms with E-state index in [9.17, 15) is 0 Å². The third kappa shape index (κ3) is 3.24. The Hall–Kier alpha value is -4.62. The first-order valence-corrected chi connectivity index (χ1v) is 15.0. The second-order valence-electron chi connectivity index (χ2n) is 11.9. The molecular formula is C40H30O. The Bertz CT molecular complexity index is 2000. The summed E-state index contributed by atoms with van der Waals surface area (Å²) < 4.78 is 6.42. The SMILES string of the molecule is c1ccc(-c2cccc3c2-c2ccccc2C32CCCCC2)c(-c2ccc3c(c2)-c2cccc4cccc(c24)O3)c1. The first-order valence-electron chi connectivity index (χ1n) is 15.0. The van der Waals surface area contributed by atoms with Crippen LogP contribution in [0.5, 0.6) is 11.5 Å². The molecule has 1 spiro atoms. The van der Waals surface area contributed by atoms with Crippen molar-refractivity contribution in [3.8, 4) is 56.0 Å². The van der Waals surface area contributed by atoms with Crippen LogP contribution < -0.4 is 4.74 Å². The van der Waals surface area contributed by atoms with Gasteiger partial charge in [-0.2, -0.15) is 0 Å². The Morgan fingerprint density at radius 3 is 2.02 bits per heavy atom. The molecule has 0 bridgehead atoms. The van der Waals surface area contributed by atoms with Gasteiger partial charge in [-0.05, 0) is 86.5 Å². The summed E-state index contributed by atoms with van der Waals surface area (Å²) in [6.45, 7) is 0. The first-order chi connectivity index (χ1) is 20.3. The molecule has 1 heterocycles. The summed E-state index contributed by atoms with van der Waals surface area (Å²) in [6.07, 6.45) is 6.46. The second kappa shape index (κ2) is 8.69. The van der Waals surface area contributed by atoms with Crippen molar-refractivity contribution in [2.24, 2.45) is 0 Å². The maximum atomic E-state index is 6.42. The Labute approximate surface area is 241 Å². The molecule has 196 valence electrons. The van der Waals surface area contributed by atoms with Crippen LogP contribution >= 0.6 is 0 Å². The Morgan fingerprint density at radius 1 is 0.463 bits per heavy atom. The predicted molar refractivity (Wildman–Crippen MR) is 170 cm³/mol. The maximum Gasteiger partial charge on any atom is 0.135 e. The van der Waals surface area contributed by atoms with E-state index in [1.165, 1.54) is 92.9 Å². The lowest BCUT2D eigenvalue weighted by molar-refractivity contribution is 0.353. The third-order valence-electron chi connectivity index (χ3n) is 9.88. The molecule has 0 unspecified atom stereocenters. The number of ether oxygens (including phenoxy) is 1. The van der Waals surface area contributed by atoms with Crippen LogP contribution in [-0.4, -0.2) is 0 Å². The zero-order valence-electron chi connectivity index (χ0n) is 23.0. The Kier molecular flexibility index (Phi) is 4.90. The van der Waals surface area contributed by atoms with Gasteiger partial charge < -0.3 is 4.74 Å². The van der Waals surface area contributed by atoms with Crippen LogP contribution in [-0.2, 0) is 5.41 Å². The summed E-state index contributed by atoms with van der Waals surface area (Å²) in [7, 11) is 0. The fourth-order valence-corrected chi connectivity index (χ4v) is 8.12. The third-order valence-corrected chi connectivity index (χ3v) is 9.88. The van der Waals surface area contributed by atoms with Crippen LogP contribution in [0.4, 0.5) is 0 Å². The molecule has 0 amide bonds. The predicted octanol–water partition coefficient (Wildman–Crippen LogP) is 11.2. The number of hydrogen-bond donors (Lipinski definition) is 0. The molecule has 9 rings (SSSR count). The molecule has 0 N–H and O–H groups in total. The molecule has 6 aromatic carbocycles. The van der Waals surface area contributed by atoms with Gasteiger partial charge in [-0.25, -0.2) is 0 Å². The van der Waals surface area contributed by atoms with Gasteiger partial charge in [0.1, 0.15) is 11.5 Å². The first kappa shape index (κ1) is 23.1. The molecule has 0 atom stereocenters. The number of hydrogen-bond acceptors (Lipinski definition) is 1. The van der Waals surface area contributed by atoms with Gasteiger partial charge in [0.15, 0.2) is 0 Å². The van der Waals surface area contributed by atoms with E-state index in [0.717, 1.165) is 17.1 Å². The molecule has 0 saturated heterocycles. The van der Waals surface area contributed by atoms with Crippen molar-refractivity contribution >= 4 is 10.8 Å². The molecule has 6 aromatic rings. The smallest absolute Gasteiger partial charge is 0.135 e. The van der Waals surface area contributed by atoms with Crippen molar-refractivity contribution in [3.63, 3.8) is 0 Å². The highest BCUT2D eigenvalue weighted by atomic mass is 16.5. The Balaban J connectivity index is 1.25. The largest absolute Gasteiger partial charge is 0.456 e. The summed E-state index contributed by atoms with van der Waals surface area (Å²) in [5.41, 5.74) is 13.6. The van der Waals surface area contributed by atoms with Crippen LogP contribution in [0.25, 0.3) is 55.3 Å². The lowest BCUT2D eigenvalue weighted by Gasteiger charge is -2.36. The number of benzene rings is 6. The van der Waals surface area contributed by atoms with Crippen LogP contribution in [0.15, 0.2) is 121 Å². The van der Waals surface area contributed by atoms with Crippen molar-refractivity contribution in [2.75, 3.05) is 0 Å². The van der Waals surface area contributed by atoms with E-state index in [2.05, 4.69) is 121 Å². The summed E-state index contributed by atoms with van der Waals surface area (Å²) in [4.78, 5) is 0. The van der Waals surface area contributed by atoms with E-state index in [0.29, 0.717) is 0 Å². The highest BCUT2D eigenvalue weighted by molar-refractivity contribution is 6.05. The average Bonchev–Trinajstić information content (AvgIpc) is 3.31. The summed E-state index contributed by atoms with van der Waals surface area (Å²) in [6, 6.07) is 44.8. The lowest BCUT2D eigenvalue weighted by Crippen LogP contribution is -2.27. The van der Waals surface area contributed by atoms with Crippen LogP contribution in [0.3, 0.4) is 0 Å². The molecule has 2 aliphatic carbocycles. The molecule has 1 nitrogen and oxygen atoms in total. The van der Waals surface area contributed by atoms with Gasteiger partial charge in [0, 0.05) is 16.4 Å². The van der Waals surface area contributed by atoms with Gasteiger partial charge in [0.2, 0.25) is 0 Å². The molecule has 1 heteroatoms. The monoisotopic (exact) mass is 526 g/mol. The quantitative estimate of drug-likeness (QED) is 0.218. The summed E-state index contributed by atoms with van der Waals surface area (Å²) in [5.74, 6) is 1.86. The van der Waals surface area contributed by atoms with E-state index < -0.39 is 0 Å². The van der Waals surface area contributed by atoms with Crippen LogP contribution in [0, 0.1) is 0 Å². The van der Waals surface area contributed by atoms with E-state index in [1.807, 2.05) is 0 Å². The maximum absolute atomic E-state index is 6.42. The van der Waals surface area contributed by atoms with Gasteiger partial charge in [-0.3, -0.25) is 0 Å². The number of fused-ring (bicyclic) bond motifs is 7. The fraction of sp³-hybridized carbons (Fsp3) is 0.150. The standard InChI is InChI=1S/C40H30O/c1-6-23-40(24-7-1)34-18-5-4-15-32(34)39-30(17-10-19-35(39)40)29-14-3-2-13-28(29)27-21-22-36-33(25-27)31-16-8-11-26-12-9-20-37(41-36)38(26)31/h2-5,8-22,25H,1,6-7,23-24H2. The molecule has 3 aliphatic rings. The van der Waals surface area contributed by atoms with Gasteiger partial charge in [-0.1, -0.05) is 122 Å². The van der Waals surface area contributed by atoms with Gasteiger partial charge >= 0.3 is 0 Å². The minimum atomic E-state index is 0.157. The molecular weight excluding hydrogens is 496 g/mol. The van der Waals surface area contributed by atoms with Gasteiger partial charge in [0.25, 0.3) is 0 Å². The van der Waals surface area contributed by atoms with E-state index >= 15 is 0 Å². The van der Waals surface area contributed by atoms with Crippen molar-refractivity contribution < 1.29 is 4.74 Å². The van der Waals surface area contributed by atoms with E-state index in [-0.39, 0.29) is 5.41 Å². The van der Waals surface area contributed by atoms with Crippen molar-refractivity contribution in [2.45, 2.75) is 37.5 Å². The lowest BCUT2D eigenvalue weighted by atomic mass is 9.67. The highest BCUT2D eigenvalue weighted by Gasteiger charge is 2.44. The zero-order valence-corrected chi connectivity index (χ0v) is 23.0. The zero-order chi connectivity index (χ0) is 27.0. The number of rotatable bonds is 2. The minimum absolute atomic E-state index is 0.157. The van der Waals surface area contributed by atoms with Crippen LogP contribution in [0.2, 0.25) is 0 Å². The second-order valence-corrected chi connectivity index (χ2v) is 11.9. The van der Waals surface area contributed by atoms with Crippen molar-refractivity contribution in [1.82, 2.24) is 0 Å². The summed E-state index contributed by atoms with van der Waals surface area (Å²) in [5, 5.41) is 2.41. The molecule has 0 aromatic heterocycles. The van der Waals surface area contributed by atoms with E-state index in [4.69, 9.17) is 4.74 Å². The van der Waals surface area contributed by atoms with Gasteiger partial charge in [-0.15, -0.1) is 0 Å². The highest BCUT2D eigenvalue weighted by Crippen LogP contribution is 2.58. The fourth-order valence-electron chi connectivity index (χ4n) is 8.12. The van der Waals surface area contributed by atoms with E-state index in [1.54, 1.807) is 0 Å². The summed E-state index contributed by atoms with van der Waals surface area (Å²) >= 11 is 0.